The SMILES string of the molecule is CC(C)(C)c1cccc(-c2ccc(Sc3ccc(-c4cc(C(C)(C)C)cc(C(C)(C)C)c4)cc3)cc2)c1. The van der Waals surface area contributed by atoms with Crippen LogP contribution in [0, 0.1) is 0 Å². The van der Waals surface area contributed by atoms with Crippen LogP contribution in [0.15, 0.2) is 101 Å². The van der Waals surface area contributed by atoms with E-state index in [-0.39, 0.29) is 16.2 Å². The average molecular weight is 507 g/mol. The molecule has 0 amide bonds. The van der Waals surface area contributed by atoms with Gasteiger partial charge in [-0.15, -0.1) is 0 Å². The van der Waals surface area contributed by atoms with E-state index in [1.54, 1.807) is 0 Å². The van der Waals surface area contributed by atoms with E-state index >= 15 is 0 Å². The van der Waals surface area contributed by atoms with Crippen molar-refractivity contribution in [2.45, 2.75) is 88.3 Å². The van der Waals surface area contributed by atoms with Gasteiger partial charge in [0.05, 0.1) is 0 Å². The second-order valence-electron chi connectivity index (χ2n) is 13.3. The van der Waals surface area contributed by atoms with Crippen molar-refractivity contribution < 1.29 is 0 Å². The Kier molecular flexibility index (Phi) is 7.50. The van der Waals surface area contributed by atoms with Gasteiger partial charge in [-0.2, -0.15) is 0 Å². The molecule has 0 saturated carbocycles. The van der Waals surface area contributed by atoms with E-state index in [0.29, 0.717) is 0 Å². The van der Waals surface area contributed by atoms with Crippen molar-refractivity contribution in [1.29, 1.82) is 0 Å². The Hall–Kier alpha value is -2.77. The highest BCUT2D eigenvalue weighted by Gasteiger charge is 2.21. The first kappa shape index (κ1) is 27.3. The Balaban J connectivity index is 1.54. The van der Waals surface area contributed by atoms with Gasteiger partial charge in [-0.05, 0) is 79.5 Å². The lowest BCUT2D eigenvalue weighted by molar-refractivity contribution is 0.569. The van der Waals surface area contributed by atoms with Gasteiger partial charge < -0.3 is 0 Å². The standard InChI is InChI=1S/C36H42S/c1-34(2,3)29-12-10-11-27(21-29)25-13-17-32(18-14-25)37-33-19-15-26(16-20-33)28-22-30(35(4,5)6)24-31(23-28)36(7,8)9/h10-24H,1-9H3. The molecule has 1 heteroatoms. The molecule has 0 atom stereocenters. The van der Waals surface area contributed by atoms with Crippen molar-refractivity contribution >= 4 is 11.8 Å². The van der Waals surface area contributed by atoms with Crippen molar-refractivity contribution in [2.75, 3.05) is 0 Å². The maximum Gasteiger partial charge on any atom is 0.0122 e. The molecule has 0 aliphatic rings. The highest BCUT2D eigenvalue weighted by molar-refractivity contribution is 7.99. The van der Waals surface area contributed by atoms with Gasteiger partial charge in [-0.3, -0.25) is 0 Å². The second kappa shape index (κ2) is 10.2. The number of rotatable bonds is 4. The molecule has 0 unspecified atom stereocenters. The molecule has 0 spiro atoms. The van der Waals surface area contributed by atoms with Crippen molar-refractivity contribution in [2.24, 2.45) is 0 Å². The molecule has 0 saturated heterocycles. The van der Waals surface area contributed by atoms with Gasteiger partial charge in [0.25, 0.3) is 0 Å². The molecule has 0 aromatic heterocycles. The third-order valence-corrected chi connectivity index (χ3v) is 8.02. The van der Waals surface area contributed by atoms with Gasteiger partial charge in [0.15, 0.2) is 0 Å². The summed E-state index contributed by atoms with van der Waals surface area (Å²) in [6, 6.07) is 34.0. The first-order valence-corrected chi connectivity index (χ1v) is 14.2. The Morgan fingerprint density at radius 3 is 1.22 bits per heavy atom. The summed E-state index contributed by atoms with van der Waals surface area (Å²) in [6.45, 7) is 20.6. The normalized spacial score (nSPS) is 12.6. The van der Waals surface area contributed by atoms with Crippen LogP contribution < -0.4 is 0 Å². The summed E-state index contributed by atoms with van der Waals surface area (Å²) in [6.07, 6.45) is 0. The molecule has 0 nitrogen and oxygen atoms in total. The van der Waals surface area contributed by atoms with Crippen LogP contribution in [0.25, 0.3) is 22.3 Å². The largest absolute Gasteiger partial charge is 0.0901 e. The predicted molar refractivity (Wildman–Crippen MR) is 164 cm³/mol. The lowest BCUT2D eigenvalue weighted by Gasteiger charge is -2.26. The van der Waals surface area contributed by atoms with E-state index in [9.17, 15) is 0 Å². The number of hydrogen-bond acceptors (Lipinski definition) is 1. The molecule has 192 valence electrons. The van der Waals surface area contributed by atoms with Crippen LogP contribution in [0.5, 0.6) is 0 Å². The monoisotopic (exact) mass is 506 g/mol. The molecule has 37 heavy (non-hydrogen) atoms. The molecule has 0 bridgehead atoms. The second-order valence-corrected chi connectivity index (χ2v) is 14.4. The zero-order valence-corrected chi connectivity index (χ0v) is 24.9. The summed E-state index contributed by atoms with van der Waals surface area (Å²) >= 11 is 1.82. The molecule has 0 heterocycles. The van der Waals surface area contributed by atoms with Crippen molar-refractivity contribution in [3.63, 3.8) is 0 Å². The Morgan fingerprint density at radius 2 is 0.784 bits per heavy atom. The molecule has 4 aromatic carbocycles. The van der Waals surface area contributed by atoms with E-state index in [0.717, 1.165) is 0 Å². The van der Waals surface area contributed by atoms with E-state index < -0.39 is 0 Å². The smallest absolute Gasteiger partial charge is 0.0122 e. The van der Waals surface area contributed by atoms with Gasteiger partial charge in [0.2, 0.25) is 0 Å². The van der Waals surface area contributed by atoms with Crippen molar-refractivity contribution in [1.82, 2.24) is 0 Å². The van der Waals surface area contributed by atoms with Gasteiger partial charge in [0.1, 0.15) is 0 Å². The Morgan fingerprint density at radius 1 is 0.378 bits per heavy atom. The van der Waals surface area contributed by atoms with Gasteiger partial charge >= 0.3 is 0 Å². The molecule has 0 fully saturated rings. The van der Waals surface area contributed by atoms with Gasteiger partial charge in [-0.25, -0.2) is 0 Å². The third kappa shape index (κ3) is 6.76. The first-order valence-electron chi connectivity index (χ1n) is 13.4. The minimum absolute atomic E-state index is 0.117. The first-order chi connectivity index (χ1) is 17.2. The highest BCUT2D eigenvalue weighted by atomic mass is 32.2. The average Bonchev–Trinajstić information content (AvgIpc) is 2.83. The molecule has 0 aliphatic heterocycles. The lowest BCUT2D eigenvalue weighted by atomic mass is 9.79. The Bertz CT molecular complexity index is 1320. The number of benzene rings is 4. The molecule has 4 rings (SSSR count). The topological polar surface area (TPSA) is 0 Å². The van der Waals surface area contributed by atoms with Crippen LogP contribution in [0.3, 0.4) is 0 Å². The zero-order chi connectivity index (χ0) is 27.0. The minimum atomic E-state index is 0.117. The summed E-state index contributed by atoms with van der Waals surface area (Å²) in [5.74, 6) is 0. The summed E-state index contributed by atoms with van der Waals surface area (Å²) in [4.78, 5) is 2.52. The van der Waals surface area contributed by atoms with Crippen LogP contribution in [0.2, 0.25) is 0 Å². The zero-order valence-electron chi connectivity index (χ0n) is 24.1. The fourth-order valence-corrected chi connectivity index (χ4v) is 5.21. The molecular formula is C36H42S. The third-order valence-electron chi connectivity index (χ3n) is 7.00. The fourth-order valence-electron chi connectivity index (χ4n) is 4.39. The van der Waals surface area contributed by atoms with Crippen molar-refractivity contribution in [3.8, 4) is 22.3 Å². The van der Waals surface area contributed by atoms with Crippen LogP contribution in [0.1, 0.15) is 79.0 Å². The van der Waals surface area contributed by atoms with Crippen LogP contribution >= 0.6 is 11.8 Å². The quantitative estimate of drug-likeness (QED) is 0.265. The predicted octanol–water partition coefficient (Wildman–Crippen LogP) is 11.1. The molecule has 4 aromatic rings. The van der Waals surface area contributed by atoms with Crippen LogP contribution in [-0.2, 0) is 16.2 Å². The van der Waals surface area contributed by atoms with E-state index in [4.69, 9.17) is 0 Å². The molecule has 0 radical (unpaired) electrons. The van der Waals surface area contributed by atoms with Crippen LogP contribution in [-0.4, -0.2) is 0 Å². The van der Waals surface area contributed by atoms with Gasteiger partial charge in [-0.1, -0.05) is 141 Å². The molecule has 0 N–H and O–H groups in total. The lowest BCUT2D eigenvalue weighted by Crippen LogP contribution is -2.16. The number of hydrogen-bond donors (Lipinski definition) is 0. The van der Waals surface area contributed by atoms with Gasteiger partial charge in [0, 0.05) is 9.79 Å². The highest BCUT2D eigenvalue weighted by Crippen LogP contribution is 2.36. The van der Waals surface area contributed by atoms with Crippen molar-refractivity contribution in [3.05, 3.63) is 108 Å². The molecular weight excluding hydrogens is 464 g/mol. The maximum atomic E-state index is 2.39. The minimum Gasteiger partial charge on any atom is -0.0901 e. The summed E-state index contributed by atoms with van der Waals surface area (Å²) < 4.78 is 0. The maximum absolute atomic E-state index is 2.39. The molecule has 0 aliphatic carbocycles. The fraction of sp³-hybridized carbons (Fsp3) is 0.333. The van der Waals surface area contributed by atoms with E-state index in [1.807, 2.05) is 11.8 Å². The summed E-state index contributed by atoms with van der Waals surface area (Å²) in [7, 11) is 0. The van der Waals surface area contributed by atoms with E-state index in [1.165, 1.54) is 48.7 Å². The van der Waals surface area contributed by atoms with Crippen LogP contribution in [0.4, 0.5) is 0 Å². The van der Waals surface area contributed by atoms with E-state index in [2.05, 4.69) is 153 Å². The Labute approximate surface area is 229 Å². The summed E-state index contributed by atoms with van der Waals surface area (Å²) in [5.41, 5.74) is 9.65. The summed E-state index contributed by atoms with van der Waals surface area (Å²) in [5, 5.41) is 0.